The highest BCUT2D eigenvalue weighted by molar-refractivity contribution is 5.90. The summed E-state index contributed by atoms with van der Waals surface area (Å²) in [7, 11) is 4.31. The molecule has 2 aliphatic rings. The quantitative estimate of drug-likeness (QED) is 0.712. The van der Waals surface area contributed by atoms with E-state index in [0.717, 1.165) is 0 Å². The van der Waals surface area contributed by atoms with E-state index in [4.69, 9.17) is 29.1 Å². The van der Waals surface area contributed by atoms with Crippen LogP contribution in [0.5, 0.6) is 17.2 Å². The third-order valence-corrected chi connectivity index (χ3v) is 6.67. The molecule has 0 amide bonds. The molecule has 2 fully saturated rings. The van der Waals surface area contributed by atoms with Crippen LogP contribution >= 0.6 is 0 Å². The van der Waals surface area contributed by atoms with E-state index in [0.29, 0.717) is 16.9 Å². The number of benzene rings is 2. The molecule has 2 saturated heterocycles. The molecule has 0 aliphatic carbocycles. The van der Waals surface area contributed by atoms with E-state index in [1.165, 1.54) is 21.3 Å². The van der Waals surface area contributed by atoms with Gasteiger partial charge in [0, 0.05) is 12.5 Å². The SMILES string of the molecule is COc1ccc(C2OC3(C)OC(=N)C(C#N)(C3c3ccccc3)C2(C#N)C#N)c(OC)c1OC. The van der Waals surface area contributed by atoms with Crippen molar-refractivity contribution in [3.63, 3.8) is 0 Å². The van der Waals surface area contributed by atoms with Crippen molar-refractivity contribution in [2.75, 3.05) is 21.3 Å². The van der Waals surface area contributed by atoms with Crippen LogP contribution in [-0.4, -0.2) is 33.0 Å². The molecule has 2 aliphatic heterocycles. The molecule has 9 heteroatoms. The van der Waals surface area contributed by atoms with Gasteiger partial charge in [0.05, 0.1) is 45.5 Å². The summed E-state index contributed by atoms with van der Waals surface area (Å²) in [6, 6.07) is 18.3. The minimum absolute atomic E-state index is 0.183. The molecule has 0 saturated carbocycles. The van der Waals surface area contributed by atoms with Crippen molar-refractivity contribution >= 4 is 5.90 Å². The standard InChI is InChI=1S/C25H22N4O5/c1-23-20(15-8-6-5-7-9-15)25(14-28,22(29)34-23)24(12-26,13-27)21(33-23)16-10-11-17(30-2)19(32-4)18(16)31-3/h5-11,20-21,29H,1-4H3. The Hall–Kier alpha value is -4.26. The second-order valence-corrected chi connectivity index (χ2v) is 8.16. The zero-order chi connectivity index (χ0) is 24.7. The number of methoxy groups -OCH3 is 3. The molecular weight excluding hydrogens is 436 g/mol. The molecule has 172 valence electrons. The van der Waals surface area contributed by atoms with Crippen molar-refractivity contribution in [2.45, 2.75) is 24.7 Å². The molecule has 9 nitrogen and oxygen atoms in total. The molecule has 4 atom stereocenters. The number of nitrogens with one attached hydrogen (secondary N) is 1. The number of rotatable bonds is 5. The van der Waals surface area contributed by atoms with Gasteiger partial charge in [-0.05, 0) is 17.7 Å². The molecule has 0 radical (unpaired) electrons. The Bertz CT molecular complexity index is 1260. The van der Waals surface area contributed by atoms with Gasteiger partial charge in [0.1, 0.15) is 6.10 Å². The zero-order valence-corrected chi connectivity index (χ0v) is 19.1. The van der Waals surface area contributed by atoms with Crippen LogP contribution in [0.3, 0.4) is 0 Å². The van der Waals surface area contributed by atoms with Gasteiger partial charge in [0.25, 0.3) is 0 Å². The Labute approximate surface area is 197 Å². The summed E-state index contributed by atoms with van der Waals surface area (Å²) in [6.45, 7) is 1.61. The molecule has 1 N–H and O–H groups in total. The summed E-state index contributed by atoms with van der Waals surface area (Å²) in [5.74, 6) is -2.14. The molecule has 4 rings (SSSR count). The first-order valence-corrected chi connectivity index (χ1v) is 10.4. The fourth-order valence-electron chi connectivity index (χ4n) is 5.24. The fourth-order valence-corrected chi connectivity index (χ4v) is 5.24. The maximum atomic E-state index is 10.6. The van der Waals surface area contributed by atoms with Crippen LogP contribution in [0.15, 0.2) is 42.5 Å². The van der Waals surface area contributed by atoms with Crippen LogP contribution in [0, 0.1) is 50.2 Å². The highest BCUT2D eigenvalue weighted by atomic mass is 16.7. The predicted octanol–water partition coefficient (Wildman–Crippen LogP) is 3.83. The summed E-state index contributed by atoms with van der Waals surface area (Å²) in [4.78, 5) is 0. The first-order valence-electron chi connectivity index (χ1n) is 10.4. The lowest BCUT2D eigenvalue weighted by Crippen LogP contribution is -2.57. The Morgan fingerprint density at radius 2 is 1.53 bits per heavy atom. The van der Waals surface area contributed by atoms with Crippen molar-refractivity contribution in [1.29, 1.82) is 21.2 Å². The average Bonchev–Trinajstić information content (AvgIpc) is 3.05. The van der Waals surface area contributed by atoms with Crippen LogP contribution in [-0.2, 0) is 9.47 Å². The van der Waals surface area contributed by atoms with Crippen molar-refractivity contribution in [2.24, 2.45) is 10.8 Å². The molecule has 4 unspecified atom stereocenters. The zero-order valence-electron chi connectivity index (χ0n) is 19.1. The van der Waals surface area contributed by atoms with Gasteiger partial charge in [-0.25, -0.2) is 0 Å². The van der Waals surface area contributed by atoms with E-state index in [-0.39, 0.29) is 11.5 Å². The molecular formula is C25H22N4O5. The van der Waals surface area contributed by atoms with E-state index >= 15 is 0 Å². The number of nitrogens with zero attached hydrogens (tertiary/aromatic N) is 3. The Morgan fingerprint density at radius 1 is 0.882 bits per heavy atom. The Balaban J connectivity index is 2.06. The van der Waals surface area contributed by atoms with Crippen LogP contribution in [0.1, 0.15) is 30.1 Å². The summed E-state index contributed by atoms with van der Waals surface area (Å²) < 4.78 is 28.7. The van der Waals surface area contributed by atoms with Gasteiger partial charge in [-0.3, -0.25) is 5.41 Å². The van der Waals surface area contributed by atoms with Crippen LogP contribution in [0.4, 0.5) is 0 Å². The maximum Gasteiger partial charge on any atom is 0.218 e. The van der Waals surface area contributed by atoms with Crippen LogP contribution in [0.2, 0.25) is 0 Å². The van der Waals surface area contributed by atoms with Crippen LogP contribution in [0.25, 0.3) is 0 Å². The van der Waals surface area contributed by atoms with E-state index in [2.05, 4.69) is 6.07 Å². The third-order valence-electron chi connectivity index (χ3n) is 6.67. The van der Waals surface area contributed by atoms with Gasteiger partial charge in [0.15, 0.2) is 16.9 Å². The first-order chi connectivity index (χ1) is 16.3. The van der Waals surface area contributed by atoms with Crippen molar-refractivity contribution in [3.05, 3.63) is 53.6 Å². The van der Waals surface area contributed by atoms with Crippen molar-refractivity contribution in [1.82, 2.24) is 0 Å². The lowest BCUT2D eigenvalue weighted by Gasteiger charge is -2.49. The maximum absolute atomic E-state index is 10.6. The molecule has 2 aromatic carbocycles. The second-order valence-electron chi connectivity index (χ2n) is 8.16. The average molecular weight is 458 g/mol. The van der Waals surface area contributed by atoms with Crippen LogP contribution < -0.4 is 14.2 Å². The van der Waals surface area contributed by atoms with E-state index < -0.39 is 34.5 Å². The molecule has 2 heterocycles. The van der Waals surface area contributed by atoms with Gasteiger partial charge < -0.3 is 23.7 Å². The van der Waals surface area contributed by atoms with E-state index in [1.807, 2.05) is 18.2 Å². The number of fused-ring (bicyclic) bond motifs is 2. The first kappa shape index (κ1) is 22.9. The minimum Gasteiger partial charge on any atom is -0.493 e. The number of nitriles is 3. The Morgan fingerprint density at radius 3 is 2.06 bits per heavy atom. The molecule has 2 bridgehead atoms. The van der Waals surface area contributed by atoms with Crippen molar-refractivity contribution in [3.8, 4) is 35.5 Å². The predicted molar refractivity (Wildman–Crippen MR) is 118 cm³/mol. The summed E-state index contributed by atoms with van der Waals surface area (Å²) >= 11 is 0. The molecule has 2 aromatic rings. The van der Waals surface area contributed by atoms with Gasteiger partial charge in [-0.1, -0.05) is 30.3 Å². The minimum atomic E-state index is -2.16. The van der Waals surface area contributed by atoms with Crippen molar-refractivity contribution < 1.29 is 23.7 Å². The van der Waals surface area contributed by atoms with E-state index in [9.17, 15) is 15.8 Å². The highest BCUT2D eigenvalue weighted by Crippen LogP contribution is 2.70. The fraction of sp³-hybridized carbons (Fsp3) is 0.360. The largest absolute Gasteiger partial charge is 0.493 e. The van der Waals surface area contributed by atoms with Gasteiger partial charge in [-0.15, -0.1) is 0 Å². The number of hydrogen-bond donors (Lipinski definition) is 1. The Kier molecular flexibility index (Phi) is 5.36. The van der Waals surface area contributed by atoms with E-state index in [1.54, 1.807) is 43.3 Å². The lowest BCUT2D eigenvalue weighted by molar-refractivity contribution is -0.253. The summed E-state index contributed by atoms with van der Waals surface area (Å²) in [5, 5.41) is 40.2. The normalized spacial score (nSPS) is 28.6. The van der Waals surface area contributed by atoms with Gasteiger partial charge in [0.2, 0.25) is 22.8 Å². The lowest BCUT2D eigenvalue weighted by atomic mass is 9.52. The topological polar surface area (TPSA) is 141 Å². The molecule has 34 heavy (non-hydrogen) atoms. The molecule has 0 spiro atoms. The van der Waals surface area contributed by atoms with Gasteiger partial charge in [-0.2, -0.15) is 15.8 Å². The smallest absolute Gasteiger partial charge is 0.218 e. The summed E-state index contributed by atoms with van der Waals surface area (Å²) in [5.41, 5.74) is -3.23. The number of ether oxygens (including phenoxy) is 5. The summed E-state index contributed by atoms with van der Waals surface area (Å²) in [6.07, 6.45) is -1.32. The number of hydrogen-bond acceptors (Lipinski definition) is 9. The molecule has 0 aromatic heterocycles. The monoisotopic (exact) mass is 458 g/mol. The van der Waals surface area contributed by atoms with Gasteiger partial charge >= 0.3 is 0 Å². The second kappa shape index (κ2) is 7.95. The third kappa shape index (κ3) is 2.64. The highest BCUT2D eigenvalue weighted by Gasteiger charge is 2.80.